The third kappa shape index (κ3) is 6.60. The Morgan fingerprint density at radius 3 is 2.65 bits per heavy atom. The molecule has 0 bridgehead atoms. The van der Waals surface area contributed by atoms with Gasteiger partial charge in [0.25, 0.3) is 0 Å². The van der Waals surface area contributed by atoms with Crippen LogP contribution in [0, 0.1) is 11.6 Å². The van der Waals surface area contributed by atoms with Gasteiger partial charge >= 0.3 is 0 Å². The number of guanidine groups is 1. The lowest BCUT2D eigenvalue weighted by Crippen LogP contribution is -2.44. The van der Waals surface area contributed by atoms with Crippen molar-refractivity contribution in [2.75, 3.05) is 33.9 Å². The van der Waals surface area contributed by atoms with Crippen molar-refractivity contribution in [1.29, 1.82) is 0 Å². The molecule has 1 rings (SSSR count). The van der Waals surface area contributed by atoms with E-state index in [9.17, 15) is 13.6 Å². The van der Waals surface area contributed by atoms with Gasteiger partial charge in [-0.25, -0.2) is 8.78 Å². The number of nitrogens with one attached hydrogen (secondary N) is 3. The summed E-state index contributed by atoms with van der Waals surface area (Å²) in [6.45, 7) is 2.67. The van der Waals surface area contributed by atoms with Crippen molar-refractivity contribution in [2.45, 2.75) is 13.0 Å². The molecule has 0 saturated carbocycles. The molecule has 1 amide bonds. The van der Waals surface area contributed by atoms with E-state index in [0.717, 1.165) is 12.1 Å². The number of halogens is 2. The quantitative estimate of drug-likeness (QED) is 0.396. The fraction of sp³-hybridized carbons (Fsp3) is 0.467. The molecule has 0 aromatic heterocycles. The summed E-state index contributed by atoms with van der Waals surface area (Å²) >= 11 is 0. The predicted molar refractivity (Wildman–Crippen MR) is 84.2 cm³/mol. The van der Waals surface area contributed by atoms with Crippen LogP contribution in [-0.4, -0.2) is 45.7 Å². The maximum absolute atomic E-state index is 13.2. The zero-order valence-corrected chi connectivity index (χ0v) is 13.5. The largest absolute Gasteiger partial charge is 0.383 e. The van der Waals surface area contributed by atoms with E-state index in [-0.39, 0.29) is 18.5 Å². The molecular formula is C15H22F2N4O2. The van der Waals surface area contributed by atoms with Crippen molar-refractivity contribution in [3.05, 3.63) is 35.4 Å². The second-order valence-electron chi connectivity index (χ2n) is 4.81. The van der Waals surface area contributed by atoms with Crippen LogP contribution in [0.25, 0.3) is 0 Å². The number of ether oxygens (including phenoxy) is 1. The van der Waals surface area contributed by atoms with Crippen LogP contribution in [-0.2, 0) is 9.53 Å². The van der Waals surface area contributed by atoms with Crippen LogP contribution in [0.15, 0.2) is 23.2 Å². The number of aliphatic imine (C=N–C) groups is 1. The third-order valence-electron chi connectivity index (χ3n) is 3.07. The molecule has 3 N–H and O–H groups in total. The van der Waals surface area contributed by atoms with E-state index in [1.165, 1.54) is 6.07 Å². The minimum absolute atomic E-state index is 0.0356. The summed E-state index contributed by atoms with van der Waals surface area (Å²) in [6, 6.07) is 3.37. The van der Waals surface area contributed by atoms with Gasteiger partial charge in [-0.05, 0) is 24.6 Å². The minimum atomic E-state index is -0.906. The molecule has 0 aliphatic carbocycles. The van der Waals surface area contributed by atoms with Crippen LogP contribution in [0.1, 0.15) is 18.5 Å². The molecule has 1 aromatic carbocycles. The highest BCUT2D eigenvalue weighted by atomic mass is 19.2. The smallest absolute Gasteiger partial charge is 0.239 e. The molecular weight excluding hydrogens is 306 g/mol. The highest BCUT2D eigenvalue weighted by Crippen LogP contribution is 2.15. The molecule has 0 aliphatic heterocycles. The Kier molecular flexibility index (Phi) is 7.96. The SMILES string of the molecule is CN=C(NCC(=O)NCCOC)NC(C)c1ccc(F)c(F)c1. The van der Waals surface area contributed by atoms with Crippen molar-refractivity contribution < 1.29 is 18.3 Å². The molecule has 1 unspecified atom stereocenters. The summed E-state index contributed by atoms with van der Waals surface area (Å²) in [4.78, 5) is 15.6. The maximum atomic E-state index is 13.2. The number of benzene rings is 1. The van der Waals surface area contributed by atoms with Crippen LogP contribution in [0.3, 0.4) is 0 Å². The van der Waals surface area contributed by atoms with Gasteiger partial charge in [0.05, 0.1) is 19.2 Å². The first-order valence-electron chi connectivity index (χ1n) is 7.15. The molecule has 128 valence electrons. The molecule has 23 heavy (non-hydrogen) atoms. The number of amides is 1. The second kappa shape index (κ2) is 9.73. The van der Waals surface area contributed by atoms with E-state index in [1.807, 2.05) is 0 Å². The molecule has 0 saturated heterocycles. The van der Waals surface area contributed by atoms with Crippen molar-refractivity contribution in [3.8, 4) is 0 Å². The number of methoxy groups -OCH3 is 1. The molecule has 0 radical (unpaired) electrons. The van der Waals surface area contributed by atoms with Crippen LogP contribution in [0.5, 0.6) is 0 Å². The van der Waals surface area contributed by atoms with Gasteiger partial charge in [0.1, 0.15) is 0 Å². The van der Waals surface area contributed by atoms with Gasteiger partial charge < -0.3 is 20.7 Å². The molecule has 8 heteroatoms. The Hall–Kier alpha value is -2.22. The number of rotatable bonds is 7. The Morgan fingerprint density at radius 2 is 2.04 bits per heavy atom. The molecule has 6 nitrogen and oxygen atoms in total. The summed E-state index contributed by atoms with van der Waals surface area (Å²) in [7, 11) is 3.10. The number of hydrogen-bond donors (Lipinski definition) is 3. The fourth-order valence-electron chi connectivity index (χ4n) is 1.78. The summed E-state index contributed by atoms with van der Waals surface area (Å²) < 4.78 is 31.0. The highest BCUT2D eigenvalue weighted by Gasteiger charge is 2.11. The zero-order valence-electron chi connectivity index (χ0n) is 13.5. The van der Waals surface area contributed by atoms with Gasteiger partial charge in [-0.2, -0.15) is 0 Å². The lowest BCUT2D eigenvalue weighted by molar-refractivity contribution is -0.120. The molecule has 0 heterocycles. The van der Waals surface area contributed by atoms with Crippen LogP contribution in [0.4, 0.5) is 8.78 Å². The van der Waals surface area contributed by atoms with E-state index in [4.69, 9.17) is 4.74 Å². The molecule has 0 aliphatic rings. The van der Waals surface area contributed by atoms with Gasteiger partial charge in [0.15, 0.2) is 17.6 Å². The number of nitrogens with zero attached hydrogens (tertiary/aromatic N) is 1. The van der Waals surface area contributed by atoms with Gasteiger partial charge in [-0.3, -0.25) is 9.79 Å². The first-order chi connectivity index (χ1) is 11.0. The Morgan fingerprint density at radius 1 is 1.30 bits per heavy atom. The van der Waals surface area contributed by atoms with E-state index < -0.39 is 11.6 Å². The number of carbonyl (C=O) groups is 1. The normalized spacial score (nSPS) is 12.7. The van der Waals surface area contributed by atoms with Crippen molar-refractivity contribution in [2.24, 2.45) is 4.99 Å². The first kappa shape index (κ1) is 18.8. The topological polar surface area (TPSA) is 74.8 Å². The van der Waals surface area contributed by atoms with Crippen molar-refractivity contribution in [3.63, 3.8) is 0 Å². The predicted octanol–water partition coefficient (Wildman–Crippen LogP) is 0.953. The van der Waals surface area contributed by atoms with Gasteiger partial charge in [-0.15, -0.1) is 0 Å². The summed E-state index contributed by atoms with van der Waals surface area (Å²) in [5.41, 5.74) is 0.566. The Bertz CT molecular complexity index is 552. The minimum Gasteiger partial charge on any atom is -0.383 e. The van der Waals surface area contributed by atoms with E-state index in [1.54, 1.807) is 21.1 Å². The van der Waals surface area contributed by atoms with Gasteiger partial charge in [-0.1, -0.05) is 6.07 Å². The third-order valence-corrected chi connectivity index (χ3v) is 3.07. The average Bonchev–Trinajstić information content (AvgIpc) is 2.54. The van der Waals surface area contributed by atoms with E-state index >= 15 is 0 Å². The van der Waals surface area contributed by atoms with Gasteiger partial charge in [0, 0.05) is 20.7 Å². The number of carbonyl (C=O) groups excluding carboxylic acids is 1. The lowest BCUT2D eigenvalue weighted by atomic mass is 10.1. The molecule has 1 atom stereocenters. The zero-order chi connectivity index (χ0) is 17.2. The number of hydrogen-bond acceptors (Lipinski definition) is 3. The summed E-state index contributed by atoms with van der Waals surface area (Å²) in [5, 5.41) is 8.50. The first-order valence-corrected chi connectivity index (χ1v) is 7.15. The Labute approximate surface area is 134 Å². The molecule has 1 aromatic rings. The van der Waals surface area contributed by atoms with E-state index in [0.29, 0.717) is 24.7 Å². The lowest BCUT2D eigenvalue weighted by Gasteiger charge is -2.18. The summed E-state index contributed by atoms with van der Waals surface area (Å²) in [6.07, 6.45) is 0. The molecule has 0 fully saturated rings. The molecule has 0 spiro atoms. The second-order valence-corrected chi connectivity index (χ2v) is 4.81. The van der Waals surface area contributed by atoms with Gasteiger partial charge in [0.2, 0.25) is 5.91 Å². The van der Waals surface area contributed by atoms with Crippen LogP contribution >= 0.6 is 0 Å². The van der Waals surface area contributed by atoms with Crippen molar-refractivity contribution >= 4 is 11.9 Å². The average molecular weight is 328 g/mol. The standard InChI is InChI=1S/C15H22F2N4O2/c1-10(11-4-5-12(16)13(17)8-11)21-15(18-2)20-9-14(22)19-6-7-23-3/h4-5,8,10H,6-7,9H2,1-3H3,(H,19,22)(H2,18,20,21). The van der Waals surface area contributed by atoms with Crippen molar-refractivity contribution in [1.82, 2.24) is 16.0 Å². The maximum Gasteiger partial charge on any atom is 0.239 e. The highest BCUT2D eigenvalue weighted by molar-refractivity contribution is 5.86. The Balaban J connectivity index is 2.49. The van der Waals surface area contributed by atoms with Crippen LogP contribution in [0.2, 0.25) is 0 Å². The monoisotopic (exact) mass is 328 g/mol. The fourth-order valence-corrected chi connectivity index (χ4v) is 1.78. The van der Waals surface area contributed by atoms with Crippen LogP contribution < -0.4 is 16.0 Å². The van der Waals surface area contributed by atoms with E-state index in [2.05, 4.69) is 20.9 Å². The summed E-state index contributed by atoms with van der Waals surface area (Å²) in [5.74, 6) is -1.62.